The minimum Gasteiger partial charge on any atom is -0.477 e. The lowest BCUT2D eigenvalue weighted by atomic mass is 10.0. The van der Waals surface area contributed by atoms with Crippen LogP contribution < -0.4 is 11.1 Å². The Morgan fingerprint density at radius 2 is 2.03 bits per heavy atom. The number of esters is 1. The van der Waals surface area contributed by atoms with Crippen molar-refractivity contribution in [3.8, 4) is 0 Å². The van der Waals surface area contributed by atoms with Gasteiger partial charge in [0.1, 0.15) is 33.8 Å². The van der Waals surface area contributed by atoms with Gasteiger partial charge in [0, 0.05) is 21.6 Å². The molecule has 1 saturated heterocycles. The lowest BCUT2D eigenvalue weighted by molar-refractivity contribution is -0.149. The number of fused-ring (bicyclic) bond motifs is 1. The maximum atomic E-state index is 13.2. The molecule has 2 aromatic heterocycles. The van der Waals surface area contributed by atoms with Crippen LogP contribution in [0.4, 0.5) is 5.13 Å². The summed E-state index contributed by atoms with van der Waals surface area (Å²) in [7, 11) is 1.26. The first-order valence-electron chi connectivity index (χ1n) is 11.6. The molecular formula is C23H23N5O7S3. The lowest BCUT2D eigenvalue weighted by Gasteiger charge is -2.49. The van der Waals surface area contributed by atoms with Crippen molar-refractivity contribution in [3.05, 3.63) is 38.7 Å². The van der Waals surface area contributed by atoms with Crippen LogP contribution in [0.2, 0.25) is 0 Å². The highest BCUT2D eigenvalue weighted by molar-refractivity contribution is 8.00. The average Bonchev–Trinajstić information content (AvgIpc) is 3.68. The number of nitrogens with one attached hydrogen (secondary N) is 1. The second-order valence-electron chi connectivity index (χ2n) is 8.67. The molecule has 4 N–H and O–H groups in total. The number of carbonyl (C=O) groups is 4. The van der Waals surface area contributed by atoms with E-state index in [1.807, 2.05) is 0 Å². The minimum atomic E-state index is -1.28. The summed E-state index contributed by atoms with van der Waals surface area (Å²) in [6.07, 6.45) is 3.62. The Morgan fingerprint density at radius 1 is 1.26 bits per heavy atom. The highest BCUT2D eigenvalue weighted by Crippen LogP contribution is 2.44. The van der Waals surface area contributed by atoms with E-state index in [9.17, 15) is 24.3 Å². The van der Waals surface area contributed by atoms with Gasteiger partial charge >= 0.3 is 11.9 Å². The van der Waals surface area contributed by atoms with Crippen LogP contribution >= 0.6 is 34.4 Å². The molecule has 1 aliphatic carbocycles. The van der Waals surface area contributed by atoms with Gasteiger partial charge in [-0.2, -0.15) is 0 Å². The number of oxime groups is 1. The number of thiazole rings is 1. The normalized spacial score (nSPS) is 21.7. The number of thiophene rings is 1. The summed E-state index contributed by atoms with van der Waals surface area (Å²) in [6, 6.07) is 2.21. The molecule has 4 heterocycles. The fourth-order valence-electron chi connectivity index (χ4n) is 4.45. The Bertz CT molecular complexity index is 1360. The number of nitrogen functional groups attached to an aromatic ring is 1. The summed E-state index contributed by atoms with van der Waals surface area (Å²) in [4.78, 5) is 62.2. The number of carboxylic acid groups (broad SMARTS) is 1. The van der Waals surface area contributed by atoms with Crippen LogP contribution in [-0.2, 0) is 24.0 Å². The highest BCUT2D eigenvalue weighted by atomic mass is 32.2. The molecule has 5 rings (SSSR count). The number of nitrogens with zero attached hydrogens (tertiary/aromatic N) is 3. The van der Waals surface area contributed by atoms with E-state index in [1.165, 1.54) is 23.8 Å². The predicted octanol–water partition coefficient (Wildman–Crippen LogP) is 2.13. The van der Waals surface area contributed by atoms with Crippen LogP contribution in [-0.4, -0.2) is 74.8 Å². The Balaban J connectivity index is 1.36. The van der Waals surface area contributed by atoms with Crippen molar-refractivity contribution >= 4 is 74.6 Å². The Kier molecular flexibility index (Phi) is 7.40. The van der Waals surface area contributed by atoms with Crippen molar-refractivity contribution in [2.75, 3.05) is 18.6 Å². The van der Waals surface area contributed by atoms with E-state index in [1.54, 1.807) is 17.5 Å². The Morgan fingerprint density at radius 3 is 2.68 bits per heavy atom. The van der Waals surface area contributed by atoms with Crippen molar-refractivity contribution in [2.45, 2.75) is 43.2 Å². The van der Waals surface area contributed by atoms with Crippen LogP contribution in [0.3, 0.4) is 0 Å². The Labute approximate surface area is 228 Å². The van der Waals surface area contributed by atoms with Crippen LogP contribution in [0.25, 0.3) is 5.57 Å². The number of ether oxygens (including phenoxy) is 1. The van der Waals surface area contributed by atoms with E-state index in [0.717, 1.165) is 48.4 Å². The number of β-lactam (4-membered cyclic amide) rings is 1. The number of carbonyl (C=O) groups excluding carboxylic acids is 3. The van der Waals surface area contributed by atoms with Crippen molar-refractivity contribution in [2.24, 2.45) is 5.16 Å². The molecule has 0 bridgehead atoms. The molecule has 0 unspecified atom stereocenters. The molecule has 12 nitrogen and oxygen atoms in total. The molecule has 2 atom stereocenters. The number of anilines is 1. The molecule has 2 fully saturated rings. The molecule has 200 valence electrons. The van der Waals surface area contributed by atoms with Gasteiger partial charge in [0.15, 0.2) is 10.8 Å². The van der Waals surface area contributed by atoms with Crippen molar-refractivity contribution < 1.29 is 33.9 Å². The first kappa shape index (κ1) is 26.2. The number of rotatable bonds is 8. The number of methoxy groups -OCH3 is 1. The minimum absolute atomic E-state index is 0.0952. The third-order valence-electron chi connectivity index (χ3n) is 6.32. The smallest absolute Gasteiger partial charge is 0.353 e. The lowest BCUT2D eigenvalue weighted by Crippen LogP contribution is -2.71. The van der Waals surface area contributed by atoms with Gasteiger partial charge in [-0.05, 0) is 37.8 Å². The average molecular weight is 578 g/mol. The summed E-state index contributed by atoms with van der Waals surface area (Å²) in [5, 5.41) is 17.9. The van der Waals surface area contributed by atoms with Crippen LogP contribution in [0.15, 0.2) is 28.4 Å². The number of hydrogen-bond acceptors (Lipinski definition) is 12. The zero-order chi connectivity index (χ0) is 27.0. The van der Waals surface area contributed by atoms with Crippen molar-refractivity contribution in [1.29, 1.82) is 0 Å². The van der Waals surface area contributed by atoms with Gasteiger partial charge < -0.3 is 25.7 Å². The maximum Gasteiger partial charge on any atom is 0.353 e. The molecule has 2 aromatic rings. The van der Waals surface area contributed by atoms with E-state index in [4.69, 9.17) is 15.3 Å². The van der Waals surface area contributed by atoms with Crippen LogP contribution in [0, 0.1) is 0 Å². The topological polar surface area (TPSA) is 174 Å². The number of aliphatic carboxylic acids is 1. The fourth-order valence-corrected chi connectivity index (χ4v) is 7.42. The third-order valence-corrected chi connectivity index (χ3v) is 9.40. The van der Waals surface area contributed by atoms with Gasteiger partial charge in [0.05, 0.1) is 7.11 Å². The molecule has 0 aromatic carbocycles. The van der Waals surface area contributed by atoms with Crippen LogP contribution in [0.5, 0.6) is 0 Å². The van der Waals surface area contributed by atoms with Gasteiger partial charge in [-0.15, -0.1) is 34.4 Å². The zero-order valence-electron chi connectivity index (χ0n) is 20.0. The summed E-state index contributed by atoms with van der Waals surface area (Å²) in [5.74, 6) is -2.78. The maximum absolute atomic E-state index is 13.2. The number of hydrogen-bond donors (Lipinski definition) is 3. The predicted molar refractivity (Wildman–Crippen MR) is 142 cm³/mol. The van der Waals surface area contributed by atoms with E-state index in [0.29, 0.717) is 15.3 Å². The standard InChI is InChI=1S/C23H23N5O7S3/c1-34-22(33)14-7-6-13(38-14)11-8-36-20-16(19(30)28(20)17(11)21(31)32)26-18(29)15(12-9-37-23(24)25-12)27-35-10-4-2-3-5-10/h6-7,9-10,16,20H,2-5,8H2,1H3,(H2,24,25)(H,26,29)(H,31,32)/b27-15+/t16-,20-/m1/s1. The van der Waals surface area contributed by atoms with Gasteiger partial charge in [0.25, 0.3) is 11.8 Å². The monoisotopic (exact) mass is 577 g/mol. The number of thioether (sulfide) groups is 1. The van der Waals surface area contributed by atoms with E-state index < -0.39 is 35.2 Å². The summed E-state index contributed by atoms with van der Waals surface area (Å²) in [5.41, 5.74) is 6.12. The van der Waals surface area contributed by atoms with E-state index in [-0.39, 0.29) is 34.1 Å². The van der Waals surface area contributed by atoms with Gasteiger partial charge in [-0.25, -0.2) is 14.6 Å². The third kappa shape index (κ3) is 4.88. The van der Waals surface area contributed by atoms with Gasteiger partial charge in [-0.1, -0.05) is 5.16 Å². The van der Waals surface area contributed by atoms with E-state index in [2.05, 4.69) is 15.5 Å². The van der Waals surface area contributed by atoms with Crippen molar-refractivity contribution in [1.82, 2.24) is 15.2 Å². The van der Waals surface area contributed by atoms with Crippen molar-refractivity contribution in [3.63, 3.8) is 0 Å². The summed E-state index contributed by atoms with van der Waals surface area (Å²) in [6.45, 7) is 0. The molecule has 0 radical (unpaired) electrons. The molecular weight excluding hydrogens is 554 g/mol. The van der Waals surface area contributed by atoms with Gasteiger partial charge in [0.2, 0.25) is 0 Å². The van der Waals surface area contributed by atoms with Gasteiger partial charge in [-0.3, -0.25) is 14.5 Å². The quantitative estimate of drug-likeness (QED) is 0.183. The number of carboxylic acids is 1. The van der Waals surface area contributed by atoms with Crippen LogP contribution in [0.1, 0.15) is 45.9 Å². The molecule has 2 amide bonds. The molecule has 1 saturated carbocycles. The summed E-state index contributed by atoms with van der Waals surface area (Å²) >= 11 is 3.55. The number of aromatic nitrogens is 1. The second-order valence-corrected chi connectivity index (χ2v) is 11.7. The number of nitrogens with two attached hydrogens (primary N) is 1. The molecule has 3 aliphatic rings. The number of amides is 2. The summed E-state index contributed by atoms with van der Waals surface area (Å²) < 4.78 is 4.73. The first-order valence-corrected chi connectivity index (χ1v) is 14.4. The zero-order valence-corrected chi connectivity index (χ0v) is 22.5. The molecule has 15 heteroatoms. The fraction of sp³-hybridized carbons (Fsp3) is 0.391. The largest absolute Gasteiger partial charge is 0.477 e. The SMILES string of the molecule is COC(=O)c1ccc(C2=C(C(=O)O)N3C(=O)[C@@H](NC(=O)/C(=N/OC4CCCC4)c4csc(N)n4)[C@H]3SC2)s1. The Hall–Kier alpha value is -3.43. The highest BCUT2D eigenvalue weighted by Gasteiger charge is 2.54. The first-order chi connectivity index (χ1) is 18.3. The second kappa shape index (κ2) is 10.7. The molecule has 0 spiro atoms. The van der Waals surface area contributed by atoms with E-state index >= 15 is 0 Å². The molecule has 38 heavy (non-hydrogen) atoms. The molecule has 2 aliphatic heterocycles.